The van der Waals surface area contributed by atoms with E-state index in [1.54, 1.807) is 16.8 Å². The largest absolute Gasteiger partial charge is 0.439 e. The molecule has 1 unspecified atom stereocenters. The minimum atomic E-state index is -0.380. The molecule has 0 bridgehead atoms. The van der Waals surface area contributed by atoms with Crippen molar-refractivity contribution in [2.45, 2.75) is 39.3 Å². The van der Waals surface area contributed by atoms with Crippen molar-refractivity contribution >= 4 is 0 Å². The molecule has 1 atom stereocenters. The van der Waals surface area contributed by atoms with Gasteiger partial charge in [-0.15, -0.1) is 0 Å². The summed E-state index contributed by atoms with van der Waals surface area (Å²) in [4.78, 5) is 2.23. The lowest BCUT2D eigenvalue weighted by Crippen LogP contribution is -2.32. The third-order valence-electron chi connectivity index (χ3n) is 5.03. The third kappa shape index (κ3) is 5.46. The molecule has 1 heterocycles. The van der Waals surface area contributed by atoms with Crippen molar-refractivity contribution < 1.29 is 14.2 Å². The van der Waals surface area contributed by atoms with Gasteiger partial charge in [0.05, 0.1) is 11.7 Å². The number of hydrogen-bond acceptors (Lipinski definition) is 4. The Labute approximate surface area is 177 Å². The highest BCUT2D eigenvalue weighted by atomic mass is 19.1. The van der Waals surface area contributed by atoms with Gasteiger partial charge in [-0.2, -0.15) is 5.10 Å². The number of aliphatic hydroxyl groups is 1. The van der Waals surface area contributed by atoms with Crippen LogP contribution in [0.5, 0.6) is 11.6 Å². The normalized spacial score (nSPS) is 12.3. The number of aliphatic hydroxyl groups excluding tert-OH is 1. The summed E-state index contributed by atoms with van der Waals surface area (Å²) in [6.45, 7) is 6.15. The molecule has 0 radical (unpaired) electrons. The molecule has 6 heteroatoms. The fourth-order valence-electron chi connectivity index (χ4n) is 3.47. The Morgan fingerprint density at radius 3 is 2.43 bits per heavy atom. The molecule has 0 aliphatic heterocycles. The Morgan fingerprint density at radius 2 is 1.80 bits per heavy atom. The van der Waals surface area contributed by atoms with Crippen LogP contribution >= 0.6 is 0 Å². The quantitative estimate of drug-likeness (QED) is 0.510. The van der Waals surface area contributed by atoms with Gasteiger partial charge in [0, 0.05) is 25.7 Å². The van der Waals surface area contributed by atoms with E-state index in [2.05, 4.69) is 11.8 Å². The Bertz CT molecular complexity index is 926. The van der Waals surface area contributed by atoms with E-state index in [1.165, 1.54) is 12.1 Å². The highest BCUT2D eigenvalue weighted by Crippen LogP contribution is 2.34. The molecule has 3 rings (SSSR count). The molecule has 2 aromatic carbocycles. The lowest BCUT2D eigenvalue weighted by atomic mass is 10.1. The smallest absolute Gasteiger partial charge is 0.222 e. The predicted molar refractivity (Wildman–Crippen MR) is 117 cm³/mol. The second kappa shape index (κ2) is 10.4. The number of ether oxygens (including phenoxy) is 1. The molecule has 0 saturated carbocycles. The first kappa shape index (κ1) is 22.0. The van der Waals surface area contributed by atoms with Crippen LogP contribution in [0.25, 0.3) is 11.3 Å². The lowest BCUT2D eigenvalue weighted by Gasteiger charge is -2.24. The summed E-state index contributed by atoms with van der Waals surface area (Å²) < 4.78 is 21.2. The highest BCUT2D eigenvalue weighted by molar-refractivity contribution is 5.65. The summed E-state index contributed by atoms with van der Waals surface area (Å²) in [6.07, 6.45) is 1.30. The molecule has 0 saturated heterocycles. The maximum Gasteiger partial charge on any atom is 0.222 e. The summed E-state index contributed by atoms with van der Waals surface area (Å²) in [5.41, 5.74) is 2.80. The second-order valence-electron chi connectivity index (χ2n) is 7.48. The summed E-state index contributed by atoms with van der Waals surface area (Å²) in [5, 5.41) is 15.0. The number of aromatic nitrogens is 2. The Morgan fingerprint density at radius 1 is 1.10 bits per heavy atom. The van der Waals surface area contributed by atoms with Crippen molar-refractivity contribution in [3.05, 3.63) is 66.0 Å². The van der Waals surface area contributed by atoms with Crippen LogP contribution in [0, 0.1) is 5.82 Å². The average molecular weight is 412 g/mol. The molecule has 0 spiro atoms. The predicted octanol–water partition coefficient (Wildman–Crippen LogP) is 5.00. The Balaban J connectivity index is 2.00. The zero-order valence-electron chi connectivity index (χ0n) is 17.9. The number of halogens is 1. The van der Waals surface area contributed by atoms with Crippen molar-refractivity contribution in [1.82, 2.24) is 14.7 Å². The van der Waals surface area contributed by atoms with Gasteiger partial charge in [-0.1, -0.05) is 44.2 Å². The maximum absolute atomic E-state index is 13.3. The van der Waals surface area contributed by atoms with Crippen LogP contribution in [0.15, 0.2) is 54.6 Å². The minimum Gasteiger partial charge on any atom is -0.439 e. The first-order valence-corrected chi connectivity index (χ1v) is 10.5. The molecule has 0 aliphatic carbocycles. The molecule has 1 aromatic heterocycles. The van der Waals surface area contributed by atoms with Gasteiger partial charge in [-0.25, -0.2) is 9.07 Å². The SMILES string of the molecule is CCCN(Cc1c(-c2ccccc2)nn(C)c1Oc1ccc(F)cc1)CC(O)CC. The molecule has 1 N–H and O–H groups in total. The second-order valence-corrected chi connectivity index (χ2v) is 7.48. The molecule has 30 heavy (non-hydrogen) atoms. The van der Waals surface area contributed by atoms with E-state index >= 15 is 0 Å². The van der Waals surface area contributed by atoms with E-state index in [9.17, 15) is 9.50 Å². The number of aryl methyl sites for hydroxylation is 1. The Hall–Kier alpha value is -2.70. The van der Waals surface area contributed by atoms with Gasteiger partial charge in [0.25, 0.3) is 0 Å². The van der Waals surface area contributed by atoms with Crippen LogP contribution < -0.4 is 4.74 Å². The highest BCUT2D eigenvalue weighted by Gasteiger charge is 2.23. The minimum absolute atomic E-state index is 0.305. The topological polar surface area (TPSA) is 50.5 Å². The Kier molecular flexibility index (Phi) is 7.60. The van der Waals surface area contributed by atoms with Crippen LogP contribution in [0.2, 0.25) is 0 Å². The number of rotatable bonds is 10. The van der Waals surface area contributed by atoms with E-state index in [4.69, 9.17) is 9.84 Å². The van der Waals surface area contributed by atoms with Crippen LogP contribution in [-0.4, -0.2) is 39.0 Å². The van der Waals surface area contributed by atoms with Gasteiger partial charge < -0.3 is 9.84 Å². The van der Waals surface area contributed by atoms with E-state index in [0.29, 0.717) is 31.1 Å². The van der Waals surface area contributed by atoms with Gasteiger partial charge >= 0.3 is 0 Å². The third-order valence-corrected chi connectivity index (χ3v) is 5.03. The van der Waals surface area contributed by atoms with Crippen LogP contribution in [0.3, 0.4) is 0 Å². The van der Waals surface area contributed by atoms with E-state index in [0.717, 1.165) is 29.8 Å². The summed E-state index contributed by atoms with van der Waals surface area (Å²) in [5.74, 6) is 0.865. The molecule has 0 fully saturated rings. The van der Waals surface area contributed by atoms with Gasteiger partial charge in [-0.05, 0) is 43.7 Å². The summed E-state index contributed by atoms with van der Waals surface area (Å²) >= 11 is 0. The van der Waals surface area contributed by atoms with E-state index in [1.807, 2.05) is 44.3 Å². The summed E-state index contributed by atoms with van der Waals surface area (Å²) in [6, 6.07) is 16.0. The number of hydrogen-bond donors (Lipinski definition) is 1. The van der Waals surface area contributed by atoms with Crippen molar-refractivity contribution in [2.75, 3.05) is 13.1 Å². The van der Waals surface area contributed by atoms with Gasteiger partial charge in [-0.3, -0.25) is 4.90 Å². The molecule has 3 aromatic rings. The number of benzene rings is 2. The first-order chi connectivity index (χ1) is 14.5. The lowest BCUT2D eigenvalue weighted by molar-refractivity contribution is 0.105. The standard InChI is InChI=1S/C24H30FN3O2/c1-4-15-28(16-20(29)5-2)17-22-23(18-9-7-6-8-10-18)26-27(3)24(22)30-21-13-11-19(25)12-14-21/h6-14,20,29H,4-5,15-17H2,1-3H3. The molecule has 0 amide bonds. The molecular formula is C24H30FN3O2. The number of nitrogens with zero attached hydrogens (tertiary/aromatic N) is 3. The zero-order chi connectivity index (χ0) is 21.5. The van der Waals surface area contributed by atoms with Crippen molar-refractivity contribution in [1.29, 1.82) is 0 Å². The van der Waals surface area contributed by atoms with Gasteiger partial charge in [0.2, 0.25) is 5.88 Å². The first-order valence-electron chi connectivity index (χ1n) is 10.5. The zero-order valence-corrected chi connectivity index (χ0v) is 17.9. The van der Waals surface area contributed by atoms with Crippen molar-refractivity contribution in [3.8, 4) is 22.9 Å². The van der Waals surface area contributed by atoms with Crippen LogP contribution in [0.4, 0.5) is 4.39 Å². The monoisotopic (exact) mass is 411 g/mol. The van der Waals surface area contributed by atoms with Crippen molar-refractivity contribution in [3.63, 3.8) is 0 Å². The summed E-state index contributed by atoms with van der Waals surface area (Å²) in [7, 11) is 1.85. The molecule has 5 nitrogen and oxygen atoms in total. The molecule has 0 aliphatic rings. The average Bonchev–Trinajstić information content (AvgIpc) is 3.05. The molecule has 160 valence electrons. The van der Waals surface area contributed by atoms with Gasteiger partial charge in [0.15, 0.2) is 0 Å². The maximum atomic E-state index is 13.3. The van der Waals surface area contributed by atoms with Crippen LogP contribution in [0.1, 0.15) is 32.3 Å². The van der Waals surface area contributed by atoms with Gasteiger partial charge in [0.1, 0.15) is 17.3 Å². The van der Waals surface area contributed by atoms with E-state index in [-0.39, 0.29) is 11.9 Å². The van der Waals surface area contributed by atoms with Crippen molar-refractivity contribution in [2.24, 2.45) is 7.05 Å². The fraction of sp³-hybridized carbons (Fsp3) is 0.375. The van der Waals surface area contributed by atoms with Crippen LogP contribution in [-0.2, 0) is 13.6 Å². The molecular weight excluding hydrogens is 381 g/mol. The van der Waals surface area contributed by atoms with E-state index < -0.39 is 0 Å². The fourth-order valence-corrected chi connectivity index (χ4v) is 3.47.